The van der Waals surface area contributed by atoms with E-state index in [2.05, 4.69) is 0 Å². The van der Waals surface area contributed by atoms with Crippen LogP contribution in [0.25, 0.3) is 0 Å². The minimum atomic E-state index is 0. The summed E-state index contributed by atoms with van der Waals surface area (Å²) in [4.78, 5) is 0. The minimum absolute atomic E-state index is 0. The maximum atomic E-state index is 5.72. The summed E-state index contributed by atoms with van der Waals surface area (Å²) in [5.74, 6) is 0.940. The molecule has 2 nitrogen and oxygen atoms in total. The number of nitrogens with two attached hydrogens (primary N) is 1. The van der Waals surface area contributed by atoms with Crippen molar-refractivity contribution < 1.29 is 4.74 Å². The van der Waals surface area contributed by atoms with Crippen molar-refractivity contribution in [3.05, 3.63) is 29.8 Å². The van der Waals surface area contributed by atoms with Crippen LogP contribution in [0.15, 0.2) is 24.3 Å². The summed E-state index contributed by atoms with van der Waals surface area (Å²) in [6.45, 7) is 0.624. The summed E-state index contributed by atoms with van der Waals surface area (Å²) in [6.07, 6.45) is 0. The van der Waals surface area contributed by atoms with Gasteiger partial charge in [0.1, 0.15) is 12.4 Å². The number of benzene rings is 1. The topological polar surface area (TPSA) is 35.2 Å². The van der Waals surface area contributed by atoms with Gasteiger partial charge in [-0.15, -0.1) is 24.8 Å². The third-order valence-electron chi connectivity index (χ3n) is 1.74. The molecule has 2 N–H and O–H groups in total. The maximum Gasteiger partial charge on any atom is 0.124 e. The Morgan fingerprint density at radius 3 is 2.58 bits per heavy atom. The SMILES string of the molecule is Cl.Cl.N[C@H]1COc2ccccc21. The molecule has 2 rings (SSSR count). The van der Waals surface area contributed by atoms with Crippen LogP contribution >= 0.6 is 24.8 Å². The Kier molecular flexibility index (Phi) is 4.39. The Bertz CT molecular complexity index is 255. The molecule has 12 heavy (non-hydrogen) atoms. The van der Waals surface area contributed by atoms with Crippen molar-refractivity contribution in [1.29, 1.82) is 0 Å². The van der Waals surface area contributed by atoms with E-state index in [0.717, 1.165) is 11.3 Å². The molecule has 1 aromatic rings. The van der Waals surface area contributed by atoms with Gasteiger partial charge >= 0.3 is 0 Å². The van der Waals surface area contributed by atoms with Crippen LogP contribution in [-0.2, 0) is 0 Å². The van der Waals surface area contributed by atoms with Crippen LogP contribution in [0.4, 0.5) is 0 Å². The Labute approximate surface area is 83.9 Å². The molecular weight excluding hydrogens is 197 g/mol. The van der Waals surface area contributed by atoms with Crippen LogP contribution in [0.5, 0.6) is 5.75 Å². The monoisotopic (exact) mass is 207 g/mol. The number of hydrogen-bond donors (Lipinski definition) is 1. The average Bonchev–Trinajstić information content (AvgIpc) is 2.34. The van der Waals surface area contributed by atoms with Crippen molar-refractivity contribution in [1.82, 2.24) is 0 Å². The van der Waals surface area contributed by atoms with E-state index in [0.29, 0.717) is 6.61 Å². The highest BCUT2D eigenvalue weighted by Gasteiger charge is 2.18. The van der Waals surface area contributed by atoms with Crippen LogP contribution in [0.2, 0.25) is 0 Å². The first-order valence-electron chi connectivity index (χ1n) is 3.35. The molecule has 4 heteroatoms. The molecule has 1 aliphatic heterocycles. The largest absolute Gasteiger partial charge is 0.491 e. The lowest BCUT2D eigenvalue weighted by Gasteiger charge is -1.96. The summed E-state index contributed by atoms with van der Waals surface area (Å²) < 4.78 is 5.29. The fourth-order valence-electron chi connectivity index (χ4n) is 1.19. The van der Waals surface area contributed by atoms with Gasteiger partial charge in [-0.25, -0.2) is 0 Å². The van der Waals surface area contributed by atoms with Gasteiger partial charge < -0.3 is 10.5 Å². The molecule has 0 bridgehead atoms. The van der Waals surface area contributed by atoms with Gasteiger partial charge in [-0.1, -0.05) is 18.2 Å². The molecule has 0 saturated carbocycles. The van der Waals surface area contributed by atoms with Crippen molar-refractivity contribution in [3.63, 3.8) is 0 Å². The Morgan fingerprint density at radius 2 is 1.92 bits per heavy atom. The molecule has 0 radical (unpaired) electrons. The molecule has 0 saturated heterocycles. The molecule has 0 spiro atoms. The highest BCUT2D eigenvalue weighted by Crippen LogP contribution is 2.29. The fraction of sp³-hybridized carbons (Fsp3) is 0.250. The lowest BCUT2D eigenvalue weighted by atomic mass is 10.1. The first-order chi connectivity index (χ1) is 4.88. The third-order valence-corrected chi connectivity index (χ3v) is 1.74. The van der Waals surface area contributed by atoms with Crippen molar-refractivity contribution >= 4 is 24.8 Å². The second kappa shape index (κ2) is 4.55. The Morgan fingerprint density at radius 1 is 1.25 bits per heavy atom. The van der Waals surface area contributed by atoms with Gasteiger partial charge in [0.15, 0.2) is 0 Å². The van der Waals surface area contributed by atoms with E-state index < -0.39 is 0 Å². The molecule has 0 aliphatic carbocycles. The van der Waals surface area contributed by atoms with Crippen LogP contribution in [0.1, 0.15) is 11.6 Å². The predicted octanol–water partition coefficient (Wildman–Crippen LogP) is 1.92. The molecule has 0 amide bonds. The summed E-state index contributed by atoms with van der Waals surface area (Å²) in [5, 5.41) is 0. The molecule has 0 fully saturated rings. The number of hydrogen-bond acceptors (Lipinski definition) is 2. The van der Waals surface area contributed by atoms with Crippen LogP contribution < -0.4 is 10.5 Å². The van der Waals surface area contributed by atoms with E-state index in [1.165, 1.54) is 0 Å². The molecule has 68 valence electrons. The van der Waals surface area contributed by atoms with Gasteiger partial charge in [-0.2, -0.15) is 0 Å². The van der Waals surface area contributed by atoms with Crippen molar-refractivity contribution in [2.24, 2.45) is 5.73 Å². The molecule has 0 aromatic heterocycles. The summed E-state index contributed by atoms with van der Waals surface area (Å²) in [7, 11) is 0. The highest BCUT2D eigenvalue weighted by molar-refractivity contribution is 5.85. The first-order valence-corrected chi connectivity index (χ1v) is 3.35. The lowest BCUT2D eigenvalue weighted by molar-refractivity contribution is 0.333. The molecule has 1 heterocycles. The lowest BCUT2D eigenvalue weighted by Crippen LogP contribution is -2.10. The van der Waals surface area contributed by atoms with E-state index in [9.17, 15) is 0 Å². The Balaban J connectivity index is 0.000000605. The number of rotatable bonds is 0. The minimum Gasteiger partial charge on any atom is -0.491 e. The number of fused-ring (bicyclic) bond motifs is 1. The van der Waals surface area contributed by atoms with Crippen molar-refractivity contribution in [2.75, 3.05) is 6.61 Å². The highest BCUT2D eigenvalue weighted by atomic mass is 35.5. The number of para-hydroxylation sites is 1. The van der Waals surface area contributed by atoms with E-state index in [1.807, 2.05) is 24.3 Å². The van der Waals surface area contributed by atoms with E-state index in [1.54, 1.807) is 0 Å². The van der Waals surface area contributed by atoms with Gasteiger partial charge in [-0.3, -0.25) is 0 Å². The van der Waals surface area contributed by atoms with Crippen molar-refractivity contribution in [3.8, 4) is 5.75 Å². The average molecular weight is 208 g/mol. The predicted molar refractivity (Wildman–Crippen MR) is 53.4 cm³/mol. The van der Waals surface area contributed by atoms with Gasteiger partial charge in [-0.05, 0) is 6.07 Å². The normalized spacial score (nSPS) is 18.2. The van der Waals surface area contributed by atoms with Gasteiger partial charge in [0.05, 0.1) is 6.04 Å². The van der Waals surface area contributed by atoms with Crippen molar-refractivity contribution in [2.45, 2.75) is 6.04 Å². The maximum absolute atomic E-state index is 5.72. The smallest absolute Gasteiger partial charge is 0.124 e. The van der Waals surface area contributed by atoms with Gasteiger partial charge in [0, 0.05) is 5.56 Å². The van der Waals surface area contributed by atoms with Gasteiger partial charge in [0.25, 0.3) is 0 Å². The molecule has 1 atom stereocenters. The zero-order valence-corrected chi connectivity index (χ0v) is 8.03. The van der Waals surface area contributed by atoms with Gasteiger partial charge in [0.2, 0.25) is 0 Å². The van der Waals surface area contributed by atoms with Crippen LogP contribution in [-0.4, -0.2) is 6.61 Å². The molecule has 1 aromatic carbocycles. The molecular formula is C8H11Cl2NO. The van der Waals surface area contributed by atoms with Crippen LogP contribution in [0.3, 0.4) is 0 Å². The molecule has 0 unspecified atom stereocenters. The first kappa shape index (κ1) is 11.6. The summed E-state index contributed by atoms with van der Waals surface area (Å²) in [5.41, 5.74) is 6.85. The number of halogens is 2. The van der Waals surface area contributed by atoms with E-state index >= 15 is 0 Å². The zero-order chi connectivity index (χ0) is 6.97. The fourth-order valence-corrected chi connectivity index (χ4v) is 1.19. The standard InChI is InChI=1S/C8H9NO.2ClH/c9-7-5-10-8-4-2-1-3-6(7)8;;/h1-4,7H,5,9H2;2*1H/t7-;;/m0../s1. The summed E-state index contributed by atoms with van der Waals surface area (Å²) in [6, 6.07) is 7.97. The third kappa shape index (κ3) is 1.83. The second-order valence-electron chi connectivity index (χ2n) is 2.46. The van der Waals surface area contributed by atoms with E-state index in [-0.39, 0.29) is 30.9 Å². The quantitative estimate of drug-likeness (QED) is 0.706. The number of ether oxygens (including phenoxy) is 1. The summed E-state index contributed by atoms with van der Waals surface area (Å²) >= 11 is 0. The Hall–Kier alpha value is -0.440. The van der Waals surface area contributed by atoms with Crippen LogP contribution in [0, 0.1) is 0 Å². The van der Waals surface area contributed by atoms with E-state index in [4.69, 9.17) is 10.5 Å². The molecule has 1 aliphatic rings. The zero-order valence-electron chi connectivity index (χ0n) is 6.40. The second-order valence-corrected chi connectivity index (χ2v) is 2.46.